The molecule has 0 fully saturated rings. The SMILES string of the molecule is COCCNC(=O)[C@H](c1ccc(F)cc1)N(C(=O)CCC(=O)Nc1ccccn1)c1ccccc1C. The van der Waals surface area contributed by atoms with Gasteiger partial charge in [0.05, 0.1) is 6.61 Å². The standard InChI is InChI=1S/C27H29FN4O4/c1-19-7-3-4-8-22(19)32(25(34)15-14-24(33)31-23-9-5-6-16-29-23)26(27(35)30-17-18-36-2)20-10-12-21(28)13-11-20/h3-13,16,26H,14-15,17-18H2,1-2H3,(H,30,35)(H,29,31,33)/t26-/m0/s1. The highest BCUT2D eigenvalue weighted by molar-refractivity contribution is 6.03. The van der Waals surface area contributed by atoms with Crippen molar-refractivity contribution in [1.29, 1.82) is 0 Å². The zero-order chi connectivity index (χ0) is 25.9. The number of carbonyl (C=O) groups is 3. The van der Waals surface area contributed by atoms with E-state index < -0.39 is 23.7 Å². The number of nitrogens with one attached hydrogen (secondary N) is 2. The molecule has 0 unspecified atom stereocenters. The number of pyridine rings is 1. The van der Waals surface area contributed by atoms with Gasteiger partial charge in [-0.25, -0.2) is 9.37 Å². The molecule has 0 saturated heterocycles. The first kappa shape index (κ1) is 26.5. The summed E-state index contributed by atoms with van der Waals surface area (Å²) in [5.41, 5.74) is 1.71. The Morgan fingerprint density at radius 2 is 1.72 bits per heavy atom. The Hall–Kier alpha value is -4.11. The number of para-hydroxylation sites is 1. The summed E-state index contributed by atoms with van der Waals surface area (Å²) in [5.74, 6) is -1.34. The van der Waals surface area contributed by atoms with Gasteiger partial charge in [-0.1, -0.05) is 36.4 Å². The smallest absolute Gasteiger partial charge is 0.247 e. The zero-order valence-electron chi connectivity index (χ0n) is 20.2. The highest BCUT2D eigenvalue weighted by Gasteiger charge is 2.33. The lowest BCUT2D eigenvalue weighted by Crippen LogP contribution is -2.45. The van der Waals surface area contributed by atoms with E-state index in [2.05, 4.69) is 15.6 Å². The fraction of sp³-hybridized carbons (Fsp3) is 0.259. The Morgan fingerprint density at radius 3 is 2.39 bits per heavy atom. The molecule has 9 heteroatoms. The molecule has 3 aromatic rings. The maximum atomic E-state index is 13.7. The quantitative estimate of drug-likeness (QED) is 0.397. The number of rotatable bonds is 11. The Morgan fingerprint density at radius 1 is 1.00 bits per heavy atom. The lowest BCUT2D eigenvalue weighted by molar-refractivity contribution is -0.127. The van der Waals surface area contributed by atoms with Crippen LogP contribution in [0.4, 0.5) is 15.9 Å². The van der Waals surface area contributed by atoms with Crippen molar-refractivity contribution in [3.8, 4) is 0 Å². The fourth-order valence-corrected chi connectivity index (χ4v) is 3.67. The highest BCUT2D eigenvalue weighted by Crippen LogP contribution is 2.31. The van der Waals surface area contributed by atoms with Gasteiger partial charge >= 0.3 is 0 Å². The van der Waals surface area contributed by atoms with Gasteiger partial charge in [0, 0.05) is 38.4 Å². The van der Waals surface area contributed by atoms with Crippen molar-refractivity contribution in [2.45, 2.75) is 25.8 Å². The number of ether oxygens (including phenoxy) is 1. The first-order valence-electron chi connectivity index (χ1n) is 11.5. The number of nitrogens with zero attached hydrogens (tertiary/aromatic N) is 2. The van der Waals surface area contributed by atoms with Gasteiger partial charge < -0.3 is 15.4 Å². The average molecular weight is 493 g/mol. The van der Waals surface area contributed by atoms with E-state index in [1.54, 1.807) is 36.5 Å². The molecule has 36 heavy (non-hydrogen) atoms. The van der Waals surface area contributed by atoms with Crippen LogP contribution in [0.2, 0.25) is 0 Å². The molecule has 0 aliphatic carbocycles. The van der Waals surface area contributed by atoms with Crippen LogP contribution in [0.3, 0.4) is 0 Å². The Labute approximate surface area is 209 Å². The summed E-state index contributed by atoms with van der Waals surface area (Å²) in [6.07, 6.45) is 1.28. The predicted molar refractivity (Wildman–Crippen MR) is 135 cm³/mol. The molecule has 1 heterocycles. The summed E-state index contributed by atoms with van der Waals surface area (Å²) in [6.45, 7) is 2.34. The third-order valence-corrected chi connectivity index (χ3v) is 5.44. The van der Waals surface area contributed by atoms with Crippen molar-refractivity contribution in [2.24, 2.45) is 0 Å². The van der Waals surface area contributed by atoms with Crippen LogP contribution in [-0.4, -0.2) is 43.0 Å². The summed E-state index contributed by atoms with van der Waals surface area (Å²) in [5, 5.41) is 5.44. The van der Waals surface area contributed by atoms with Crippen LogP contribution in [0.5, 0.6) is 0 Å². The van der Waals surface area contributed by atoms with E-state index in [-0.39, 0.29) is 31.9 Å². The van der Waals surface area contributed by atoms with Crippen molar-refractivity contribution < 1.29 is 23.5 Å². The summed E-state index contributed by atoms with van der Waals surface area (Å²) in [7, 11) is 1.52. The highest BCUT2D eigenvalue weighted by atomic mass is 19.1. The van der Waals surface area contributed by atoms with Gasteiger partial charge in [-0.2, -0.15) is 0 Å². The topological polar surface area (TPSA) is 101 Å². The minimum atomic E-state index is -1.09. The molecule has 0 spiro atoms. The number of hydrogen-bond acceptors (Lipinski definition) is 5. The van der Waals surface area contributed by atoms with Crippen LogP contribution in [0.1, 0.15) is 30.0 Å². The van der Waals surface area contributed by atoms with Gasteiger partial charge in [-0.15, -0.1) is 0 Å². The van der Waals surface area contributed by atoms with Crippen molar-refractivity contribution >= 4 is 29.2 Å². The van der Waals surface area contributed by atoms with E-state index in [1.807, 2.05) is 19.1 Å². The number of hydrogen-bond donors (Lipinski definition) is 2. The number of methoxy groups -OCH3 is 1. The van der Waals surface area contributed by atoms with E-state index in [9.17, 15) is 18.8 Å². The van der Waals surface area contributed by atoms with Crippen LogP contribution in [0, 0.1) is 12.7 Å². The monoisotopic (exact) mass is 492 g/mol. The van der Waals surface area contributed by atoms with Crippen molar-refractivity contribution in [3.63, 3.8) is 0 Å². The first-order valence-corrected chi connectivity index (χ1v) is 11.5. The molecule has 2 aromatic carbocycles. The maximum absolute atomic E-state index is 13.7. The van der Waals surface area contributed by atoms with E-state index in [4.69, 9.17) is 4.74 Å². The molecule has 0 aliphatic heterocycles. The van der Waals surface area contributed by atoms with E-state index in [0.717, 1.165) is 5.56 Å². The number of amides is 3. The molecule has 188 valence electrons. The van der Waals surface area contributed by atoms with Gasteiger partial charge in [-0.3, -0.25) is 19.3 Å². The first-order chi connectivity index (χ1) is 17.4. The molecular formula is C27H29FN4O4. The summed E-state index contributed by atoms with van der Waals surface area (Å²) in [4.78, 5) is 44.9. The van der Waals surface area contributed by atoms with Crippen LogP contribution < -0.4 is 15.5 Å². The molecule has 1 aromatic heterocycles. The molecule has 0 saturated carbocycles. The minimum Gasteiger partial charge on any atom is -0.383 e. The molecule has 0 aliphatic rings. The predicted octanol–water partition coefficient (Wildman–Crippen LogP) is 3.78. The van der Waals surface area contributed by atoms with Gasteiger partial charge in [0.15, 0.2) is 0 Å². The van der Waals surface area contributed by atoms with Gasteiger partial charge in [0.25, 0.3) is 0 Å². The average Bonchev–Trinajstić information content (AvgIpc) is 2.88. The summed E-state index contributed by atoms with van der Waals surface area (Å²) >= 11 is 0. The van der Waals surface area contributed by atoms with Gasteiger partial charge in [0.1, 0.15) is 17.7 Å². The summed E-state index contributed by atoms with van der Waals surface area (Å²) < 4.78 is 18.7. The molecule has 3 rings (SSSR count). The third-order valence-electron chi connectivity index (χ3n) is 5.44. The Kier molecular flexibility index (Phi) is 9.64. The van der Waals surface area contributed by atoms with Crippen molar-refractivity contribution in [2.75, 3.05) is 30.5 Å². The Balaban J connectivity index is 1.91. The van der Waals surface area contributed by atoms with Crippen LogP contribution in [0.15, 0.2) is 72.9 Å². The number of aromatic nitrogens is 1. The van der Waals surface area contributed by atoms with Gasteiger partial charge in [-0.05, 0) is 48.4 Å². The number of carbonyl (C=O) groups excluding carboxylic acids is 3. The molecule has 8 nitrogen and oxygen atoms in total. The largest absolute Gasteiger partial charge is 0.383 e. The second kappa shape index (κ2) is 13.1. The Bertz CT molecular complexity index is 1170. The maximum Gasteiger partial charge on any atom is 0.247 e. The van der Waals surface area contributed by atoms with E-state index in [1.165, 1.54) is 36.3 Å². The molecular weight excluding hydrogens is 463 g/mol. The lowest BCUT2D eigenvalue weighted by Gasteiger charge is -2.32. The number of anilines is 2. The van der Waals surface area contributed by atoms with Crippen molar-refractivity contribution in [3.05, 3.63) is 89.9 Å². The molecule has 0 radical (unpaired) electrons. The zero-order valence-corrected chi connectivity index (χ0v) is 20.2. The number of halogens is 1. The minimum absolute atomic E-state index is 0.112. The lowest BCUT2D eigenvalue weighted by atomic mass is 10.0. The molecule has 0 bridgehead atoms. The second-order valence-corrected chi connectivity index (χ2v) is 8.05. The third kappa shape index (κ3) is 7.19. The van der Waals surface area contributed by atoms with E-state index in [0.29, 0.717) is 17.1 Å². The number of aryl methyl sites for hydroxylation is 1. The second-order valence-electron chi connectivity index (χ2n) is 8.05. The fourth-order valence-electron chi connectivity index (χ4n) is 3.67. The molecule has 3 amide bonds. The molecule has 2 N–H and O–H groups in total. The molecule has 1 atom stereocenters. The van der Waals surface area contributed by atoms with Crippen LogP contribution >= 0.6 is 0 Å². The number of benzene rings is 2. The van der Waals surface area contributed by atoms with Crippen LogP contribution in [-0.2, 0) is 19.1 Å². The normalized spacial score (nSPS) is 11.4. The van der Waals surface area contributed by atoms with Crippen molar-refractivity contribution in [1.82, 2.24) is 10.3 Å². The summed E-state index contributed by atoms with van der Waals surface area (Å²) in [6, 6.07) is 16.6. The van der Waals surface area contributed by atoms with Gasteiger partial charge in [0.2, 0.25) is 17.7 Å². The van der Waals surface area contributed by atoms with Crippen LogP contribution in [0.25, 0.3) is 0 Å². The van der Waals surface area contributed by atoms with E-state index >= 15 is 0 Å².